The minimum Gasteiger partial charge on any atom is -0.871 e. The molecule has 6 heterocycles. The van der Waals surface area contributed by atoms with Gasteiger partial charge in [0.1, 0.15) is 22.8 Å². The number of aromatic nitrogens is 2. The number of carbonyl (C=O) groups is 5. The van der Waals surface area contributed by atoms with E-state index in [2.05, 4.69) is 132 Å². The average molecular weight is 1120 g/mol. The van der Waals surface area contributed by atoms with Gasteiger partial charge in [-0.05, 0) is 148 Å². The van der Waals surface area contributed by atoms with Crippen molar-refractivity contribution in [3.05, 3.63) is 260 Å². The van der Waals surface area contributed by atoms with E-state index in [1.54, 1.807) is 36.4 Å². The smallest absolute Gasteiger partial charge is 0.270 e. The van der Waals surface area contributed by atoms with Crippen LogP contribution in [0.25, 0.3) is 5.57 Å². The highest BCUT2D eigenvalue weighted by molar-refractivity contribution is 6.39. The van der Waals surface area contributed by atoms with Crippen LogP contribution < -0.4 is 31.3 Å². The third-order valence-electron chi connectivity index (χ3n) is 15.4. The normalized spacial score (nSPS) is 15.3. The highest BCUT2D eigenvalue weighted by Crippen LogP contribution is 2.39. The van der Waals surface area contributed by atoms with Gasteiger partial charge in [-0.3, -0.25) is 24.0 Å². The lowest BCUT2D eigenvalue weighted by Gasteiger charge is -2.34. The van der Waals surface area contributed by atoms with Crippen molar-refractivity contribution in [2.24, 2.45) is 0 Å². The molecule has 5 aromatic carbocycles. The molecular formula is C70H70N8O6. The number of pyridine rings is 2. The zero-order valence-corrected chi connectivity index (χ0v) is 48.8. The van der Waals surface area contributed by atoms with Gasteiger partial charge in [0.15, 0.2) is 11.8 Å². The second-order valence-electron chi connectivity index (χ2n) is 21.5. The number of benzene rings is 5. The van der Waals surface area contributed by atoms with Gasteiger partial charge in [-0.25, -0.2) is 9.97 Å². The highest BCUT2D eigenvalue weighted by Gasteiger charge is 2.32. The van der Waals surface area contributed by atoms with E-state index in [1.807, 2.05) is 97.1 Å². The summed E-state index contributed by atoms with van der Waals surface area (Å²) in [6.07, 6.45) is 9.84. The van der Waals surface area contributed by atoms with E-state index in [4.69, 9.17) is 0 Å². The lowest BCUT2D eigenvalue weighted by atomic mass is 9.80. The Morgan fingerprint density at radius 1 is 0.512 bits per heavy atom. The van der Waals surface area contributed by atoms with Crippen molar-refractivity contribution in [1.29, 1.82) is 0 Å². The number of allylic oxidation sites excluding steroid dienone is 7. The van der Waals surface area contributed by atoms with Gasteiger partial charge in [-0.1, -0.05) is 122 Å². The van der Waals surface area contributed by atoms with Gasteiger partial charge in [0, 0.05) is 84.9 Å². The van der Waals surface area contributed by atoms with Gasteiger partial charge >= 0.3 is 0 Å². The predicted octanol–water partition coefficient (Wildman–Crippen LogP) is 11.0. The van der Waals surface area contributed by atoms with Crippen LogP contribution in [-0.2, 0) is 31.0 Å². The summed E-state index contributed by atoms with van der Waals surface area (Å²) in [5.74, 6) is -1.96. The molecule has 2 unspecified atom stereocenters. The third kappa shape index (κ3) is 13.6. The summed E-state index contributed by atoms with van der Waals surface area (Å²) in [5.41, 5.74) is 15.2. The Hall–Kier alpha value is -9.82. The van der Waals surface area contributed by atoms with E-state index in [0.29, 0.717) is 11.1 Å². The molecule has 0 saturated heterocycles. The molecule has 4 aliphatic heterocycles. The van der Waals surface area contributed by atoms with Crippen LogP contribution >= 0.6 is 0 Å². The fourth-order valence-electron chi connectivity index (χ4n) is 10.3. The van der Waals surface area contributed by atoms with Crippen LogP contribution in [0.5, 0.6) is 0 Å². The monoisotopic (exact) mass is 1120 g/mol. The molecule has 7 aromatic rings. The maximum atomic E-state index is 13.4. The Labute approximate surface area is 491 Å². The van der Waals surface area contributed by atoms with Gasteiger partial charge in [0.05, 0.1) is 0 Å². The summed E-state index contributed by atoms with van der Waals surface area (Å²) in [7, 11) is 0. The van der Waals surface area contributed by atoms with Crippen molar-refractivity contribution in [2.75, 3.05) is 4.90 Å². The zero-order chi connectivity index (χ0) is 59.6. The number of nitrogens with one attached hydrogen (secondary N) is 4. The summed E-state index contributed by atoms with van der Waals surface area (Å²) < 4.78 is 2.34. The van der Waals surface area contributed by atoms with E-state index in [-0.39, 0.29) is 83.7 Å². The number of hydrogen-bond acceptors (Lipinski definition) is 9. The van der Waals surface area contributed by atoms with Gasteiger partial charge in [-0.2, -0.15) is 4.58 Å². The summed E-state index contributed by atoms with van der Waals surface area (Å²) in [5, 5.41) is 24.6. The molecule has 84 heavy (non-hydrogen) atoms. The quantitative estimate of drug-likeness (QED) is 0.0848. The molecule has 426 valence electrons. The standard InChI is InChI=1S/C40H44N2O2.C30H26N6O4/c1-9-29(7)41(35-21-11-25(3)23-27(35)5)33-17-13-31(14-18-33)37-39(43)38(40(37)44)32-15-19-34(20-16-32)42(30(8)10-2)36-22-12-26(4)24-28(36)6;37-27-23-3-1-4-24(35-23)28(38)32-16-20-9-13-22(14-10-20)18-34-30(40)26-6-2-5-25(36-26)29(39)33-17-21-11-7-19(8-12-21)15-31-27/h11-24,29-30H,9-10H2,1-8H3;1-14H,15-18H2,(H,31,37)(H,32,38)(H,33,39)(H,34,40). The summed E-state index contributed by atoms with van der Waals surface area (Å²) in [4.78, 5) is 74.9. The number of aryl methyl sites for hydroxylation is 4. The van der Waals surface area contributed by atoms with Gasteiger partial charge in [0.25, 0.3) is 23.6 Å². The van der Waals surface area contributed by atoms with E-state index >= 15 is 0 Å². The molecule has 2 aliphatic carbocycles. The summed E-state index contributed by atoms with van der Waals surface area (Å²) in [6.45, 7) is 18.4. The molecule has 14 heteroatoms. The molecule has 0 fully saturated rings. The van der Waals surface area contributed by atoms with Crippen molar-refractivity contribution >= 4 is 57.8 Å². The molecule has 0 saturated carbocycles. The Morgan fingerprint density at radius 3 is 1.33 bits per heavy atom. The number of anilines is 2. The highest BCUT2D eigenvalue weighted by atomic mass is 16.3. The molecule has 6 aliphatic rings. The zero-order valence-electron chi connectivity index (χ0n) is 48.8. The number of hydrogen-bond donors (Lipinski definition) is 4. The third-order valence-corrected chi connectivity index (χ3v) is 15.4. The fraction of sp³-hybridized carbons (Fsp3) is 0.229. The Balaban J connectivity index is 0.000000202. The van der Waals surface area contributed by atoms with E-state index in [9.17, 15) is 29.1 Å². The molecule has 4 N–H and O–H groups in total. The molecule has 13 rings (SSSR count). The van der Waals surface area contributed by atoms with Crippen LogP contribution in [-0.4, -0.2) is 61.8 Å². The van der Waals surface area contributed by atoms with Crippen LogP contribution in [0.15, 0.2) is 187 Å². The van der Waals surface area contributed by atoms with Crippen LogP contribution in [0.4, 0.5) is 17.1 Å². The summed E-state index contributed by atoms with van der Waals surface area (Å²) in [6, 6.07) is 45.7. The number of rotatable bonds is 8. The number of carbonyl (C=O) groups excluding carboxylic acids is 5. The van der Waals surface area contributed by atoms with Gasteiger partial charge in [-0.15, -0.1) is 0 Å². The second kappa shape index (κ2) is 26.4. The topological polar surface area (TPSA) is 189 Å². The predicted molar refractivity (Wildman–Crippen MR) is 328 cm³/mol. The largest absolute Gasteiger partial charge is 0.871 e. The van der Waals surface area contributed by atoms with Crippen molar-refractivity contribution in [2.45, 2.75) is 106 Å². The van der Waals surface area contributed by atoms with Crippen LogP contribution in [0.1, 0.15) is 133 Å². The number of amides is 4. The van der Waals surface area contributed by atoms with Crippen molar-refractivity contribution in [1.82, 2.24) is 31.2 Å². The van der Waals surface area contributed by atoms with E-state index in [1.165, 1.54) is 33.6 Å². The molecule has 8 bridgehead atoms. The van der Waals surface area contributed by atoms with E-state index < -0.39 is 23.6 Å². The first-order valence-electron chi connectivity index (χ1n) is 28.5. The SMILES string of the molecule is CCC(C)N(c1ccc(C2=C([O-])C(=C3C=CC(=[N+](c4ccc(C)cc4C)C(C)CC)C=C3)C2=O)cc1)c1ccc(C)cc1C.O=C1NCc2ccc(cc2)CNC(=O)c2cccc(n2)C(=O)NCc2ccc(cc2)CNC(=O)c2cccc1n2. The average Bonchev–Trinajstić information content (AvgIpc) is 1.41. The minimum absolute atomic E-state index is 0.137. The minimum atomic E-state index is -0.398. The van der Waals surface area contributed by atoms with Crippen LogP contribution in [0.2, 0.25) is 0 Å². The number of Topliss-reactive ketones (excluding diaryl/α,β-unsaturated/α-hetero) is 1. The number of nitrogens with zero attached hydrogens (tertiary/aromatic N) is 4. The maximum absolute atomic E-state index is 13.4. The molecule has 0 radical (unpaired) electrons. The maximum Gasteiger partial charge on any atom is 0.270 e. The molecule has 2 aromatic heterocycles. The fourth-order valence-corrected chi connectivity index (χ4v) is 10.3. The first kappa shape index (κ1) is 58.8. The van der Waals surface area contributed by atoms with Crippen molar-refractivity contribution in [3.63, 3.8) is 0 Å². The Kier molecular flexibility index (Phi) is 18.5. The summed E-state index contributed by atoms with van der Waals surface area (Å²) >= 11 is 0. The lowest BCUT2D eigenvalue weighted by Crippen LogP contribution is -2.31. The van der Waals surface area contributed by atoms with Crippen molar-refractivity contribution < 1.29 is 33.7 Å². The lowest BCUT2D eigenvalue weighted by molar-refractivity contribution is -0.480. The first-order valence-corrected chi connectivity index (χ1v) is 28.5. The molecule has 2 atom stereocenters. The Bertz CT molecular complexity index is 3590. The first-order chi connectivity index (χ1) is 40.5. The second-order valence-corrected chi connectivity index (χ2v) is 21.5. The molecule has 14 nitrogen and oxygen atoms in total. The molecular weight excluding hydrogens is 1050 g/mol. The molecule has 4 amide bonds. The van der Waals surface area contributed by atoms with E-state index in [0.717, 1.165) is 46.5 Å². The van der Waals surface area contributed by atoms with Crippen LogP contribution in [0, 0.1) is 27.7 Å². The van der Waals surface area contributed by atoms with Crippen molar-refractivity contribution in [3.8, 4) is 0 Å². The Morgan fingerprint density at radius 2 is 0.940 bits per heavy atom. The van der Waals surface area contributed by atoms with Gasteiger partial charge in [0.2, 0.25) is 11.4 Å². The number of ketones is 1. The van der Waals surface area contributed by atoms with Crippen LogP contribution in [0.3, 0.4) is 0 Å². The van der Waals surface area contributed by atoms with Gasteiger partial charge < -0.3 is 31.3 Å². The molecule has 0 spiro atoms.